The lowest BCUT2D eigenvalue weighted by Crippen LogP contribution is -2.05. The Bertz CT molecular complexity index is 832. The van der Waals surface area contributed by atoms with Gasteiger partial charge in [-0.05, 0) is 25.8 Å². The molecule has 1 aromatic carbocycles. The van der Waals surface area contributed by atoms with Crippen molar-refractivity contribution < 1.29 is 9.13 Å². The van der Waals surface area contributed by atoms with E-state index < -0.39 is 5.82 Å². The molecule has 1 aliphatic carbocycles. The monoisotopic (exact) mass is 295 g/mol. The van der Waals surface area contributed by atoms with E-state index in [0.717, 1.165) is 12.8 Å². The summed E-state index contributed by atoms with van der Waals surface area (Å²) in [6.07, 6.45) is 3.59. The summed E-state index contributed by atoms with van der Waals surface area (Å²) in [5.41, 5.74) is 1.14. The van der Waals surface area contributed by atoms with Crippen molar-refractivity contribution in [1.82, 2.24) is 9.78 Å². The number of ether oxygens (including phenoxy) is 1. The minimum Gasteiger partial charge on any atom is -0.489 e. The molecule has 1 aliphatic rings. The third-order valence-electron chi connectivity index (χ3n) is 3.49. The Balaban J connectivity index is 2.28. The number of aryl methyl sites for hydroxylation is 1. The Morgan fingerprint density at radius 1 is 1.45 bits per heavy atom. The van der Waals surface area contributed by atoms with Gasteiger partial charge in [0.1, 0.15) is 23.2 Å². The quantitative estimate of drug-likeness (QED) is 0.818. The van der Waals surface area contributed by atoms with Gasteiger partial charge in [-0.1, -0.05) is 5.92 Å². The van der Waals surface area contributed by atoms with Crippen LogP contribution in [-0.4, -0.2) is 15.9 Å². The van der Waals surface area contributed by atoms with Crippen molar-refractivity contribution in [2.24, 2.45) is 7.05 Å². The lowest BCUT2D eigenvalue weighted by Gasteiger charge is -2.13. The summed E-state index contributed by atoms with van der Waals surface area (Å²) in [6, 6.07) is 5.26. The third-order valence-corrected chi connectivity index (χ3v) is 3.49. The number of nitrogens with zero attached hydrogens (tertiary/aromatic N) is 3. The first kappa shape index (κ1) is 14.2. The number of hydrogen-bond acceptors (Lipinski definition) is 3. The lowest BCUT2D eigenvalue weighted by molar-refractivity contribution is 0.302. The summed E-state index contributed by atoms with van der Waals surface area (Å²) < 4.78 is 22.1. The van der Waals surface area contributed by atoms with Crippen molar-refractivity contribution >= 4 is 0 Å². The summed E-state index contributed by atoms with van der Waals surface area (Å²) in [7, 11) is 1.70. The standard InChI is InChI=1S/C17H14FN3O/c1-3-4-11-9-15(22-12-5-6-12)13(10-19)16(17(11)18)14-7-8-20-21(14)2/h7-9,12H,5-6H2,1-2H3. The van der Waals surface area contributed by atoms with Gasteiger partial charge in [0.15, 0.2) is 0 Å². The van der Waals surface area contributed by atoms with Crippen LogP contribution in [0.5, 0.6) is 5.75 Å². The van der Waals surface area contributed by atoms with Gasteiger partial charge in [0.25, 0.3) is 0 Å². The Kier molecular flexibility index (Phi) is 3.56. The van der Waals surface area contributed by atoms with Crippen LogP contribution in [0.25, 0.3) is 11.3 Å². The predicted octanol–water partition coefficient (Wildman–Crippen LogP) is 3.01. The zero-order valence-corrected chi connectivity index (χ0v) is 12.4. The normalized spacial score (nSPS) is 13.2. The Hall–Kier alpha value is -2.79. The molecule has 110 valence electrons. The maximum atomic E-state index is 14.8. The molecule has 4 nitrogen and oxygen atoms in total. The van der Waals surface area contributed by atoms with E-state index in [1.165, 1.54) is 10.7 Å². The molecule has 1 aromatic heterocycles. The lowest BCUT2D eigenvalue weighted by atomic mass is 9.99. The Morgan fingerprint density at radius 2 is 2.23 bits per heavy atom. The van der Waals surface area contributed by atoms with Crippen molar-refractivity contribution in [3.63, 3.8) is 0 Å². The van der Waals surface area contributed by atoms with E-state index >= 15 is 0 Å². The van der Waals surface area contributed by atoms with Crippen LogP contribution in [-0.2, 0) is 7.05 Å². The second kappa shape index (κ2) is 5.54. The van der Waals surface area contributed by atoms with Crippen molar-refractivity contribution in [3.8, 4) is 34.9 Å². The van der Waals surface area contributed by atoms with Crippen molar-refractivity contribution in [2.75, 3.05) is 0 Å². The first-order chi connectivity index (χ1) is 10.7. The van der Waals surface area contributed by atoms with E-state index in [-0.39, 0.29) is 22.8 Å². The summed E-state index contributed by atoms with van der Waals surface area (Å²) in [5, 5.41) is 13.6. The van der Waals surface area contributed by atoms with E-state index in [0.29, 0.717) is 11.4 Å². The number of benzene rings is 1. The topological polar surface area (TPSA) is 50.8 Å². The largest absolute Gasteiger partial charge is 0.489 e. The second-order valence-corrected chi connectivity index (χ2v) is 5.13. The molecular weight excluding hydrogens is 281 g/mol. The number of aromatic nitrogens is 2. The third kappa shape index (κ3) is 2.42. The highest BCUT2D eigenvalue weighted by atomic mass is 19.1. The zero-order chi connectivity index (χ0) is 15.7. The highest BCUT2D eigenvalue weighted by Gasteiger charge is 2.28. The summed E-state index contributed by atoms with van der Waals surface area (Å²) in [6.45, 7) is 1.64. The molecule has 1 fully saturated rings. The van der Waals surface area contributed by atoms with E-state index in [4.69, 9.17) is 4.74 Å². The molecule has 0 bridgehead atoms. The Morgan fingerprint density at radius 3 is 2.77 bits per heavy atom. The fourth-order valence-electron chi connectivity index (χ4n) is 2.29. The van der Waals surface area contributed by atoms with Gasteiger partial charge in [0, 0.05) is 19.3 Å². The fraction of sp³-hybridized carbons (Fsp3) is 0.294. The van der Waals surface area contributed by atoms with Crippen LogP contribution >= 0.6 is 0 Å². The molecule has 0 amide bonds. The molecule has 22 heavy (non-hydrogen) atoms. The van der Waals surface area contributed by atoms with Gasteiger partial charge in [-0.15, -0.1) is 5.92 Å². The minimum atomic E-state index is -0.516. The van der Waals surface area contributed by atoms with E-state index in [9.17, 15) is 9.65 Å². The number of rotatable bonds is 3. The van der Waals surface area contributed by atoms with Crippen molar-refractivity contribution in [1.29, 1.82) is 5.26 Å². The Labute approximate surface area is 128 Å². The molecule has 5 heteroatoms. The average Bonchev–Trinajstić information content (AvgIpc) is 3.22. The highest BCUT2D eigenvalue weighted by Crippen LogP contribution is 2.37. The molecule has 0 atom stereocenters. The molecule has 0 aliphatic heterocycles. The number of nitriles is 1. The molecular formula is C17H14FN3O. The molecule has 0 spiro atoms. The molecule has 0 N–H and O–H groups in total. The minimum absolute atomic E-state index is 0.111. The molecule has 0 radical (unpaired) electrons. The van der Waals surface area contributed by atoms with Gasteiger partial charge in [-0.2, -0.15) is 10.4 Å². The smallest absolute Gasteiger partial charge is 0.149 e. The molecule has 2 aromatic rings. The van der Waals surface area contributed by atoms with Gasteiger partial charge in [-0.3, -0.25) is 4.68 Å². The second-order valence-electron chi connectivity index (χ2n) is 5.13. The van der Waals surface area contributed by atoms with Crippen LogP contribution in [0.1, 0.15) is 30.9 Å². The fourth-order valence-corrected chi connectivity index (χ4v) is 2.29. The van der Waals surface area contributed by atoms with Crippen LogP contribution in [0.3, 0.4) is 0 Å². The molecule has 0 saturated heterocycles. The van der Waals surface area contributed by atoms with E-state index in [2.05, 4.69) is 23.0 Å². The first-order valence-electron chi connectivity index (χ1n) is 7.00. The predicted molar refractivity (Wildman–Crippen MR) is 79.5 cm³/mol. The van der Waals surface area contributed by atoms with Crippen LogP contribution < -0.4 is 4.74 Å². The van der Waals surface area contributed by atoms with Gasteiger partial charge in [-0.25, -0.2) is 4.39 Å². The van der Waals surface area contributed by atoms with Crippen LogP contribution in [0.2, 0.25) is 0 Å². The maximum Gasteiger partial charge on any atom is 0.149 e. The zero-order valence-electron chi connectivity index (χ0n) is 12.4. The van der Waals surface area contributed by atoms with Crippen LogP contribution in [0.4, 0.5) is 4.39 Å². The van der Waals surface area contributed by atoms with Gasteiger partial charge < -0.3 is 4.74 Å². The maximum absolute atomic E-state index is 14.8. The molecule has 1 saturated carbocycles. The average molecular weight is 295 g/mol. The SMILES string of the molecule is CC#Cc1cc(OC2CC2)c(C#N)c(-c2ccnn2C)c1F. The summed E-state index contributed by atoms with van der Waals surface area (Å²) >= 11 is 0. The van der Waals surface area contributed by atoms with Gasteiger partial charge in [0.05, 0.1) is 22.9 Å². The molecule has 1 heterocycles. The van der Waals surface area contributed by atoms with Gasteiger partial charge in [0.2, 0.25) is 0 Å². The van der Waals surface area contributed by atoms with Crippen LogP contribution in [0.15, 0.2) is 18.3 Å². The number of halogens is 1. The van der Waals surface area contributed by atoms with Gasteiger partial charge >= 0.3 is 0 Å². The molecule has 0 unspecified atom stereocenters. The molecule has 3 rings (SSSR count). The van der Waals surface area contributed by atoms with E-state index in [1.54, 1.807) is 26.2 Å². The van der Waals surface area contributed by atoms with Crippen LogP contribution in [0, 0.1) is 29.0 Å². The number of hydrogen-bond donors (Lipinski definition) is 0. The van der Waals surface area contributed by atoms with Crippen molar-refractivity contribution in [3.05, 3.63) is 35.3 Å². The first-order valence-corrected chi connectivity index (χ1v) is 7.00. The summed E-state index contributed by atoms with van der Waals surface area (Å²) in [5.74, 6) is 5.31. The van der Waals surface area contributed by atoms with E-state index in [1.807, 2.05) is 0 Å². The summed E-state index contributed by atoms with van der Waals surface area (Å²) in [4.78, 5) is 0. The van der Waals surface area contributed by atoms with Crippen molar-refractivity contribution in [2.45, 2.75) is 25.9 Å². The highest BCUT2D eigenvalue weighted by molar-refractivity contribution is 5.74.